The summed E-state index contributed by atoms with van der Waals surface area (Å²) in [7, 11) is -1.71. The molecule has 0 radical (unpaired) electrons. The van der Waals surface area contributed by atoms with Crippen molar-refractivity contribution in [3.05, 3.63) is 28.7 Å². The molecule has 1 N–H and O–H groups in total. The largest absolute Gasteiger partial charge is 0.316 e. The zero-order valence-corrected chi connectivity index (χ0v) is 8.84. The Bertz CT molecular complexity index is 476. The van der Waals surface area contributed by atoms with Crippen molar-refractivity contribution in [2.45, 2.75) is 6.92 Å². The van der Waals surface area contributed by atoms with Crippen LogP contribution in [0.2, 0.25) is 0 Å². The molecule has 1 aromatic heterocycles. The van der Waals surface area contributed by atoms with Gasteiger partial charge >= 0.3 is 0 Å². The molecule has 0 aliphatic rings. The van der Waals surface area contributed by atoms with Crippen LogP contribution in [0.15, 0.2) is 23.1 Å². The molecule has 0 saturated heterocycles. The van der Waals surface area contributed by atoms with Crippen molar-refractivity contribution in [1.29, 1.82) is 0 Å². The van der Waals surface area contributed by atoms with Gasteiger partial charge in [0, 0.05) is 19.3 Å². The summed E-state index contributed by atoms with van der Waals surface area (Å²) in [6.07, 6.45) is 1.44. The maximum atomic E-state index is 11.2. The lowest BCUT2D eigenvalue weighted by atomic mass is 10.4. The first-order valence-corrected chi connectivity index (χ1v) is 5.77. The molecular weight excluding hydrogens is 204 g/mol. The van der Waals surface area contributed by atoms with Gasteiger partial charge < -0.3 is 4.57 Å². The van der Waals surface area contributed by atoms with E-state index in [1.54, 1.807) is 14.0 Å². The predicted molar refractivity (Wildman–Crippen MR) is 54.8 cm³/mol. The smallest absolute Gasteiger partial charge is 0.250 e. The van der Waals surface area contributed by atoms with Crippen LogP contribution in [0, 0.1) is 0 Å². The van der Waals surface area contributed by atoms with E-state index in [2.05, 4.69) is 4.72 Å². The van der Waals surface area contributed by atoms with Crippen molar-refractivity contribution in [3.8, 4) is 0 Å². The molecule has 6 heteroatoms. The molecular formula is C8H12N2O3S. The Morgan fingerprint density at radius 1 is 1.43 bits per heavy atom. The maximum Gasteiger partial charge on any atom is 0.250 e. The summed E-state index contributed by atoms with van der Waals surface area (Å²) in [5, 5.41) is 0. The van der Waals surface area contributed by atoms with Crippen molar-refractivity contribution in [3.63, 3.8) is 0 Å². The molecule has 78 valence electrons. The Hall–Kier alpha value is -1.30. The Kier molecular flexibility index (Phi) is 2.95. The minimum Gasteiger partial charge on any atom is -0.316 e. The first-order valence-electron chi connectivity index (χ1n) is 4.12. The molecule has 0 bridgehead atoms. The van der Waals surface area contributed by atoms with Gasteiger partial charge in [-0.25, -0.2) is 8.42 Å². The minimum atomic E-state index is -3.27. The third-order valence-corrected chi connectivity index (χ3v) is 3.05. The van der Waals surface area contributed by atoms with E-state index in [0.29, 0.717) is 5.69 Å². The Morgan fingerprint density at radius 2 is 2.07 bits per heavy atom. The summed E-state index contributed by atoms with van der Waals surface area (Å²) < 4.78 is 26.0. The van der Waals surface area contributed by atoms with Gasteiger partial charge in [0.25, 0.3) is 0 Å². The van der Waals surface area contributed by atoms with E-state index in [1.807, 2.05) is 0 Å². The van der Waals surface area contributed by atoms with E-state index >= 15 is 0 Å². The molecule has 0 amide bonds. The van der Waals surface area contributed by atoms with E-state index in [-0.39, 0.29) is 11.3 Å². The lowest BCUT2D eigenvalue weighted by molar-refractivity contribution is 0.602. The highest BCUT2D eigenvalue weighted by atomic mass is 32.2. The highest BCUT2D eigenvalue weighted by molar-refractivity contribution is 7.92. The van der Waals surface area contributed by atoms with Crippen LogP contribution in [-0.2, 0) is 17.1 Å². The molecule has 0 aliphatic heterocycles. The summed E-state index contributed by atoms with van der Waals surface area (Å²) in [6, 6.07) is 2.75. The maximum absolute atomic E-state index is 11.2. The van der Waals surface area contributed by atoms with E-state index < -0.39 is 10.0 Å². The molecule has 14 heavy (non-hydrogen) atoms. The molecule has 5 nitrogen and oxygen atoms in total. The van der Waals surface area contributed by atoms with Crippen molar-refractivity contribution < 1.29 is 8.42 Å². The zero-order valence-electron chi connectivity index (χ0n) is 8.02. The summed E-state index contributed by atoms with van der Waals surface area (Å²) in [6.45, 7) is 1.55. The quantitative estimate of drug-likeness (QED) is 0.781. The van der Waals surface area contributed by atoms with Gasteiger partial charge in [-0.15, -0.1) is 0 Å². The van der Waals surface area contributed by atoms with Crippen LogP contribution >= 0.6 is 0 Å². The standard InChI is InChI=1S/C8H12N2O3S/c1-3-14(12,13)9-7-4-5-8(11)10(2)6-7/h4-6,9H,3H2,1-2H3. The summed E-state index contributed by atoms with van der Waals surface area (Å²) >= 11 is 0. The number of nitrogens with zero attached hydrogens (tertiary/aromatic N) is 1. The summed E-state index contributed by atoms with van der Waals surface area (Å²) in [5.74, 6) is 0.00976. The Labute approximate surface area is 82.4 Å². The topological polar surface area (TPSA) is 68.2 Å². The Balaban J connectivity index is 3.00. The molecule has 0 unspecified atom stereocenters. The lowest BCUT2D eigenvalue weighted by Gasteiger charge is -2.06. The molecule has 0 saturated carbocycles. The van der Waals surface area contributed by atoms with E-state index in [1.165, 1.54) is 22.9 Å². The number of nitrogens with one attached hydrogen (secondary N) is 1. The number of aryl methyl sites for hydroxylation is 1. The number of pyridine rings is 1. The number of hydrogen-bond acceptors (Lipinski definition) is 3. The average molecular weight is 216 g/mol. The number of rotatable bonds is 3. The van der Waals surface area contributed by atoms with Gasteiger partial charge in [-0.2, -0.15) is 0 Å². The molecule has 0 spiro atoms. The average Bonchev–Trinajstić information content (AvgIpc) is 2.11. The second-order valence-corrected chi connectivity index (χ2v) is 4.88. The SMILES string of the molecule is CCS(=O)(=O)Nc1ccc(=O)n(C)c1. The summed E-state index contributed by atoms with van der Waals surface area (Å²) in [5.41, 5.74) is 0.221. The van der Waals surface area contributed by atoms with Gasteiger partial charge in [-0.1, -0.05) is 0 Å². The fourth-order valence-corrected chi connectivity index (χ4v) is 1.53. The van der Waals surface area contributed by atoms with Crippen LogP contribution in [0.4, 0.5) is 5.69 Å². The molecule has 1 heterocycles. The zero-order chi connectivity index (χ0) is 10.8. The van der Waals surface area contributed by atoms with E-state index in [0.717, 1.165) is 0 Å². The van der Waals surface area contributed by atoms with Crippen LogP contribution in [0.1, 0.15) is 6.92 Å². The fourth-order valence-electron chi connectivity index (χ4n) is 0.906. The van der Waals surface area contributed by atoms with Crippen LogP contribution in [0.5, 0.6) is 0 Å². The molecule has 0 atom stereocenters. The fraction of sp³-hybridized carbons (Fsp3) is 0.375. The number of sulfonamides is 1. The van der Waals surface area contributed by atoms with Gasteiger partial charge in [-0.3, -0.25) is 9.52 Å². The lowest BCUT2D eigenvalue weighted by Crippen LogP contribution is -2.19. The molecule has 1 aromatic rings. The van der Waals surface area contributed by atoms with Crippen molar-refractivity contribution >= 4 is 15.7 Å². The van der Waals surface area contributed by atoms with Crippen LogP contribution in [-0.4, -0.2) is 18.7 Å². The van der Waals surface area contributed by atoms with Crippen molar-refractivity contribution in [1.82, 2.24) is 4.57 Å². The van der Waals surface area contributed by atoms with Gasteiger partial charge in [0.15, 0.2) is 0 Å². The number of anilines is 1. The first-order chi connectivity index (χ1) is 6.44. The molecule has 0 aromatic carbocycles. The monoisotopic (exact) mass is 216 g/mol. The molecule has 0 aliphatic carbocycles. The first kappa shape index (κ1) is 10.8. The van der Waals surface area contributed by atoms with Crippen LogP contribution < -0.4 is 10.3 Å². The van der Waals surface area contributed by atoms with Gasteiger partial charge in [-0.05, 0) is 13.0 Å². The van der Waals surface area contributed by atoms with Crippen LogP contribution in [0.25, 0.3) is 0 Å². The second-order valence-electron chi connectivity index (χ2n) is 2.87. The van der Waals surface area contributed by atoms with Gasteiger partial charge in [0.05, 0.1) is 11.4 Å². The highest BCUT2D eigenvalue weighted by Gasteiger charge is 2.06. The number of hydrogen-bond donors (Lipinski definition) is 1. The van der Waals surface area contributed by atoms with E-state index in [9.17, 15) is 13.2 Å². The molecule has 0 fully saturated rings. The van der Waals surface area contributed by atoms with Gasteiger partial charge in [0.1, 0.15) is 0 Å². The summed E-state index contributed by atoms with van der Waals surface area (Å²) in [4.78, 5) is 11.0. The van der Waals surface area contributed by atoms with E-state index in [4.69, 9.17) is 0 Å². The minimum absolute atomic E-state index is 0.00976. The van der Waals surface area contributed by atoms with Crippen LogP contribution in [0.3, 0.4) is 0 Å². The second kappa shape index (κ2) is 3.83. The third kappa shape index (κ3) is 2.59. The third-order valence-electron chi connectivity index (χ3n) is 1.74. The van der Waals surface area contributed by atoms with Crippen molar-refractivity contribution in [2.75, 3.05) is 10.5 Å². The highest BCUT2D eigenvalue weighted by Crippen LogP contribution is 2.05. The van der Waals surface area contributed by atoms with Gasteiger partial charge in [0.2, 0.25) is 15.6 Å². The number of aromatic nitrogens is 1. The predicted octanol–water partition coefficient (Wildman–Crippen LogP) is 0.147. The molecule has 1 rings (SSSR count). The normalized spacial score (nSPS) is 11.3. The van der Waals surface area contributed by atoms with Crippen molar-refractivity contribution in [2.24, 2.45) is 7.05 Å². The Morgan fingerprint density at radius 3 is 2.57 bits per heavy atom.